The molecule has 0 aliphatic carbocycles. The van der Waals surface area contributed by atoms with Gasteiger partial charge in [-0.2, -0.15) is 0 Å². The van der Waals surface area contributed by atoms with Crippen LogP contribution in [0, 0.1) is 6.92 Å². The molecule has 3 heterocycles. The van der Waals surface area contributed by atoms with Gasteiger partial charge in [0.2, 0.25) is 5.91 Å². The number of β-lactam (4-membered cyclic amide) rings is 1. The number of nitrogens with zero attached hydrogens (tertiary/aromatic N) is 3. The molecule has 2 aliphatic rings. The second-order valence-electron chi connectivity index (χ2n) is 4.57. The van der Waals surface area contributed by atoms with Gasteiger partial charge in [0.05, 0.1) is 0 Å². The fraction of sp³-hybridized carbons (Fsp3) is 0.455. The van der Waals surface area contributed by atoms with Crippen LogP contribution in [-0.2, 0) is 9.59 Å². The summed E-state index contributed by atoms with van der Waals surface area (Å²) in [6.45, 7) is 1.87. The van der Waals surface area contributed by atoms with Gasteiger partial charge in [-0.3, -0.25) is 9.69 Å². The van der Waals surface area contributed by atoms with Crippen LogP contribution in [0.25, 0.3) is 0 Å². The molecule has 1 amide bonds. The van der Waals surface area contributed by atoms with E-state index in [0.29, 0.717) is 11.5 Å². The third-order valence-electron chi connectivity index (χ3n) is 3.17. The Morgan fingerprint density at radius 1 is 1.57 bits per heavy atom. The summed E-state index contributed by atoms with van der Waals surface area (Å²) in [5.74, 6) is -0.354. The number of carbonyl (C=O) groups is 2. The number of aliphatic carboxylic acids is 1. The third kappa shape index (κ3) is 2.56. The molecule has 7 nitrogen and oxygen atoms in total. The fourth-order valence-corrected chi connectivity index (χ4v) is 5.42. The van der Waals surface area contributed by atoms with E-state index in [-0.39, 0.29) is 17.0 Å². The molecule has 1 aromatic rings. The van der Waals surface area contributed by atoms with Crippen molar-refractivity contribution in [3.8, 4) is 0 Å². The second-order valence-corrected chi connectivity index (χ2v) is 8.08. The van der Waals surface area contributed by atoms with E-state index in [1.807, 2.05) is 6.92 Å². The molecular formula is C11H12N4O3S3. The zero-order valence-corrected chi connectivity index (χ0v) is 13.4. The Kier molecular flexibility index (Phi) is 3.95. The molecule has 1 fully saturated rings. The number of aromatic nitrogens is 2. The number of fused-ring (bicyclic) bond motifs is 1. The lowest BCUT2D eigenvalue weighted by Gasteiger charge is -2.48. The molecule has 21 heavy (non-hydrogen) atoms. The molecule has 0 bridgehead atoms. The van der Waals surface area contributed by atoms with Crippen LogP contribution >= 0.6 is 34.9 Å². The van der Waals surface area contributed by atoms with Crippen LogP contribution in [0.1, 0.15) is 5.01 Å². The largest absolute Gasteiger partial charge is 0.477 e. The number of thioether (sulfide) groups is 2. The highest BCUT2D eigenvalue weighted by atomic mass is 32.2. The molecule has 0 unspecified atom stereocenters. The predicted octanol–water partition coefficient (Wildman–Crippen LogP) is 0.520. The zero-order chi connectivity index (χ0) is 15.1. The first kappa shape index (κ1) is 14.8. The van der Waals surface area contributed by atoms with Crippen molar-refractivity contribution in [2.45, 2.75) is 22.7 Å². The molecule has 0 saturated carbocycles. The van der Waals surface area contributed by atoms with Crippen molar-refractivity contribution in [1.29, 1.82) is 0 Å². The molecule has 0 aromatic carbocycles. The minimum absolute atomic E-state index is 0.0826. The Morgan fingerprint density at radius 2 is 2.33 bits per heavy atom. The highest BCUT2D eigenvalue weighted by Crippen LogP contribution is 2.40. The van der Waals surface area contributed by atoms with Crippen molar-refractivity contribution < 1.29 is 14.7 Å². The minimum Gasteiger partial charge on any atom is -0.477 e. The summed E-state index contributed by atoms with van der Waals surface area (Å²) >= 11 is 4.41. The Morgan fingerprint density at radius 3 is 2.95 bits per heavy atom. The Bertz CT molecular complexity index is 644. The number of hydrogen-bond acceptors (Lipinski definition) is 8. The number of carbonyl (C=O) groups excluding carboxylic acids is 1. The third-order valence-corrected chi connectivity index (χ3v) is 6.59. The summed E-state index contributed by atoms with van der Waals surface area (Å²) < 4.78 is 0.795. The number of nitrogens with two attached hydrogens (primary N) is 1. The maximum atomic E-state index is 11.8. The fourth-order valence-electron chi connectivity index (χ4n) is 2.18. The molecule has 3 rings (SSSR count). The lowest BCUT2D eigenvalue weighted by atomic mass is 10.0. The summed E-state index contributed by atoms with van der Waals surface area (Å²) in [4.78, 5) is 24.6. The molecule has 1 saturated heterocycles. The lowest BCUT2D eigenvalue weighted by Crippen LogP contribution is -2.68. The van der Waals surface area contributed by atoms with Gasteiger partial charge in [0.15, 0.2) is 4.34 Å². The number of aryl methyl sites for hydroxylation is 1. The first-order valence-electron chi connectivity index (χ1n) is 6.07. The Hall–Kier alpha value is -1.10. The van der Waals surface area contributed by atoms with Gasteiger partial charge in [-0.15, -0.1) is 22.0 Å². The summed E-state index contributed by atoms with van der Waals surface area (Å²) in [5, 5.41) is 17.9. The summed E-state index contributed by atoms with van der Waals surface area (Å²) in [5.41, 5.74) is 6.51. The zero-order valence-electron chi connectivity index (χ0n) is 11.0. The normalized spacial score (nSPS) is 24.9. The Balaban J connectivity index is 1.81. The maximum Gasteiger partial charge on any atom is 0.352 e. The maximum absolute atomic E-state index is 11.8. The molecular weight excluding hydrogens is 332 g/mol. The van der Waals surface area contributed by atoms with E-state index >= 15 is 0 Å². The lowest BCUT2D eigenvalue weighted by molar-refractivity contribution is -0.147. The summed E-state index contributed by atoms with van der Waals surface area (Å²) in [7, 11) is 0. The smallest absolute Gasteiger partial charge is 0.352 e. The van der Waals surface area contributed by atoms with Crippen molar-refractivity contribution in [3.05, 3.63) is 16.3 Å². The van der Waals surface area contributed by atoms with Crippen LogP contribution in [0.2, 0.25) is 0 Å². The van der Waals surface area contributed by atoms with E-state index in [0.717, 1.165) is 14.9 Å². The van der Waals surface area contributed by atoms with Crippen molar-refractivity contribution in [1.82, 2.24) is 15.1 Å². The number of amides is 1. The molecule has 2 aliphatic heterocycles. The second kappa shape index (κ2) is 5.59. The molecule has 0 radical (unpaired) electrons. The molecule has 2 atom stereocenters. The van der Waals surface area contributed by atoms with Gasteiger partial charge in [-0.05, 0) is 12.5 Å². The minimum atomic E-state index is -1.08. The van der Waals surface area contributed by atoms with Crippen LogP contribution in [0.4, 0.5) is 0 Å². The summed E-state index contributed by atoms with van der Waals surface area (Å²) in [6.07, 6.45) is 0. The number of rotatable bonds is 4. The number of hydrogen-bond donors (Lipinski definition) is 2. The van der Waals surface area contributed by atoms with Crippen LogP contribution in [-0.4, -0.2) is 55.0 Å². The van der Waals surface area contributed by atoms with Gasteiger partial charge in [-0.25, -0.2) is 4.79 Å². The highest BCUT2D eigenvalue weighted by molar-refractivity contribution is 8.01. The number of carboxylic acid groups (broad SMARTS) is 1. The molecule has 3 N–H and O–H groups in total. The van der Waals surface area contributed by atoms with E-state index in [1.54, 1.807) is 0 Å². The van der Waals surface area contributed by atoms with Crippen LogP contribution in [0.15, 0.2) is 15.6 Å². The van der Waals surface area contributed by atoms with E-state index in [4.69, 9.17) is 5.73 Å². The molecule has 0 spiro atoms. The van der Waals surface area contributed by atoms with Crippen LogP contribution in [0.5, 0.6) is 0 Å². The van der Waals surface area contributed by atoms with Gasteiger partial charge >= 0.3 is 5.97 Å². The van der Waals surface area contributed by atoms with Crippen molar-refractivity contribution in [2.24, 2.45) is 5.73 Å². The van der Waals surface area contributed by atoms with Crippen molar-refractivity contribution in [2.75, 3.05) is 11.5 Å². The monoisotopic (exact) mass is 344 g/mol. The van der Waals surface area contributed by atoms with Crippen molar-refractivity contribution in [3.63, 3.8) is 0 Å². The first-order valence-corrected chi connectivity index (χ1v) is 8.92. The predicted molar refractivity (Wildman–Crippen MR) is 81.1 cm³/mol. The molecule has 1 aromatic heterocycles. The van der Waals surface area contributed by atoms with E-state index in [9.17, 15) is 14.7 Å². The van der Waals surface area contributed by atoms with Crippen LogP contribution in [0.3, 0.4) is 0 Å². The molecule has 112 valence electrons. The van der Waals surface area contributed by atoms with Gasteiger partial charge in [0, 0.05) is 11.5 Å². The summed E-state index contributed by atoms with van der Waals surface area (Å²) in [6, 6.07) is -0.593. The Labute approximate surface area is 133 Å². The average Bonchev–Trinajstić information content (AvgIpc) is 2.88. The quantitative estimate of drug-likeness (QED) is 0.601. The van der Waals surface area contributed by atoms with Crippen molar-refractivity contribution >= 4 is 46.7 Å². The van der Waals surface area contributed by atoms with Gasteiger partial charge in [0.25, 0.3) is 0 Å². The highest BCUT2D eigenvalue weighted by Gasteiger charge is 2.51. The van der Waals surface area contributed by atoms with Crippen LogP contribution < -0.4 is 5.73 Å². The van der Waals surface area contributed by atoms with Gasteiger partial charge in [-0.1, -0.05) is 23.1 Å². The first-order chi connectivity index (χ1) is 9.99. The standard InChI is InChI=1S/C11H12N4O3S3/c1-4-13-14-11(21-4)20-3-5-2-19-9-6(12)8(16)15(9)7(5)10(17)18/h6,9H,2-3,12H2,1H3,(H,17,18)/t6-,9-/m1/s1. The number of carboxylic acids is 1. The van der Waals surface area contributed by atoms with Gasteiger partial charge < -0.3 is 10.8 Å². The van der Waals surface area contributed by atoms with E-state index < -0.39 is 12.0 Å². The van der Waals surface area contributed by atoms with E-state index in [1.165, 1.54) is 39.8 Å². The molecule has 10 heteroatoms. The SMILES string of the molecule is Cc1nnc(SCC2=C(C(=O)O)N3C(=O)[C@@H](N)[C@H]3SC2)s1. The van der Waals surface area contributed by atoms with Gasteiger partial charge in [0.1, 0.15) is 22.1 Å². The topological polar surface area (TPSA) is 109 Å². The average molecular weight is 344 g/mol. The van der Waals surface area contributed by atoms with E-state index in [2.05, 4.69) is 10.2 Å².